The van der Waals surface area contributed by atoms with Gasteiger partial charge in [0.1, 0.15) is 5.75 Å². The summed E-state index contributed by atoms with van der Waals surface area (Å²) >= 11 is 0. The predicted octanol–water partition coefficient (Wildman–Crippen LogP) is 2.69. The molecule has 7 heteroatoms. The average Bonchev–Trinajstić information content (AvgIpc) is 2.38. The SMILES string of the molecule is CCOc1ccc2c(c1)C(=O)OC(C(C)=O)(C(F)(F)F)C2. The van der Waals surface area contributed by atoms with E-state index in [1.165, 1.54) is 18.2 Å². The molecule has 0 spiro atoms. The van der Waals surface area contributed by atoms with Crippen LogP contribution in [0.1, 0.15) is 29.8 Å². The van der Waals surface area contributed by atoms with Gasteiger partial charge in [0.15, 0.2) is 5.78 Å². The number of ether oxygens (including phenoxy) is 2. The molecule has 1 heterocycles. The average molecular weight is 302 g/mol. The van der Waals surface area contributed by atoms with Gasteiger partial charge < -0.3 is 9.47 Å². The Morgan fingerprint density at radius 1 is 1.43 bits per heavy atom. The number of fused-ring (bicyclic) bond motifs is 1. The summed E-state index contributed by atoms with van der Waals surface area (Å²) in [6.07, 6.45) is -5.69. The molecule has 2 rings (SSSR count). The van der Waals surface area contributed by atoms with Gasteiger partial charge in [-0.2, -0.15) is 13.2 Å². The molecule has 21 heavy (non-hydrogen) atoms. The van der Waals surface area contributed by atoms with Gasteiger partial charge in [0.05, 0.1) is 12.2 Å². The Labute approximate surface area is 118 Å². The number of rotatable bonds is 3. The predicted molar refractivity (Wildman–Crippen MR) is 66.2 cm³/mol. The minimum absolute atomic E-state index is 0.0120. The first kappa shape index (κ1) is 15.3. The molecule has 4 nitrogen and oxygen atoms in total. The van der Waals surface area contributed by atoms with Gasteiger partial charge in [-0.15, -0.1) is 0 Å². The Morgan fingerprint density at radius 3 is 2.62 bits per heavy atom. The highest BCUT2D eigenvalue weighted by molar-refractivity contribution is 5.98. The molecule has 1 aromatic carbocycles. The summed E-state index contributed by atoms with van der Waals surface area (Å²) in [4.78, 5) is 23.3. The van der Waals surface area contributed by atoms with Crippen LogP contribution >= 0.6 is 0 Å². The lowest BCUT2D eigenvalue weighted by Gasteiger charge is -2.36. The first-order valence-corrected chi connectivity index (χ1v) is 6.28. The van der Waals surface area contributed by atoms with Crippen molar-refractivity contribution in [2.45, 2.75) is 32.0 Å². The Hall–Kier alpha value is -2.05. The monoisotopic (exact) mass is 302 g/mol. The van der Waals surface area contributed by atoms with Crippen LogP contribution in [0, 0.1) is 0 Å². The first-order valence-electron chi connectivity index (χ1n) is 6.28. The number of alkyl halides is 3. The van der Waals surface area contributed by atoms with E-state index in [1.807, 2.05) is 0 Å². The second-order valence-electron chi connectivity index (χ2n) is 4.70. The van der Waals surface area contributed by atoms with Gasteiger partial charge in [-0.05, 0) is 31.5 Å². The number of benzene rings is 1. The molecule has 0 radical (unpaired) electrons. The standard InChI is InChI=1S/C14H13F3O4/c1-3-20-10-5-4-9-7-13(8(2)18,14(15,16)17)21-12(19)11(9)6-10/h4-6H,3,7H2,1-2H3. The Kier molecular flexibility index (Phi) is 3.69. The van der Waals surface area contributed by atoms with Crippen LogP contribution in [0.4, 0.5) is 13.2 Å². The molecule has 0 amide bonds. The summed E-state index contributed by atoms with van der Waals surface area (Å²) < 4.78 is 49.3. The summed E-state index contributed by atoms with van der Waals surface area (Å²) in [5.74, 6) is -2.07. The zero-order valence-corrected chi connectivity index (χ0v) is 11.4. The maximum atomic E-state index is 13.2. The number of Topliss-reactive ketones (excluding diaryl/α,β-unsaturated/α-hetero) is 1. The van der Waals surface area contributed by atoms with Gasteiger partial charge in [-0.3, -0.25) is 4.79 Å². The van der Waals surface area contributed by atoms with E-state index in [1.54, 1.807) is 6.92 Å². The minimum Gasteiger partial charge on any atom is -0.494 e. The lowest BCUT2D eigenvalue weighted by atomic mass is 9.85. The van der Waals surface area contributed by atoms with E-state index in [-0.39, 0.29) is 11.1 Å². The highest BCUT2D eigenvalue weighted by atomic mass is 19.4. The van der Waals surface area contributed by atoms with Crippen LogP contribution in [-0.2, 0) is 16.0 Å². The molecule has 0 bridgehead atoms. The number of ketones is 1. The van der Waals surface area contributed by atoms with Crippen molar-refractivity contribution >= 4 is 11.8 Å². The zero-order chi connectivity index (χ0) is 15.8. The van der Waals surface area contributed by atoms with Crippen LogP contribution in [0.15, 0.2) is 18.2 Å². The highest BCUT2D eigenvalue weighted by Crippen LogP contribution is 2.42. The smallest absolute Gasteiger partial charge is 0.436 e. The summed E-state index contributed by atoms with van der Waals surface area (Å²) in [5, 5.41) is 0. The number of hydrogen-bond donors (Lipinski definition) is 0. The van der Waals surface area contributed by atoms with E-state index in [0.717, 1.165) is 6.92 Å². The van der Waals surface area contributed by atoms with Crippen molar-refractivity contribution < 1.29 is 32.2 Å². The third-order valence-electron chi connectivity index (χ3n) is 3.35. The van der Waals surface area contributed by atoms with E-state index >= 15 is 0 Å². The molecule has 1 aliphatic heterocycles. The van der Waals surface area contributed by atoms with Crippen molar-refractivity contribution in [2.24, 2.45) is 0 Å². The Morgan fingerprint density at radius 2 is 2.10 bits per heavy atom. The minimum atomic E-state index is -4.97. The van der Waals surface area contributed by atoms with Crippen molar-refractivity contribution in [2.75, 3.05) is 6.61 Å². The maximum Gasteiger partial charge on any atom is 0.436 e. The summed E-state index contributed by atoms with van der Waals surface area (Å²) in [6.45, 7) is 2.86. The zero-order valence-electron chi connectivity index (χ0n) is 11.4. The van der Waals surface area contributed by atoms with Crippen LogP contribution in [0.3, 0.4) is 0 Å². The van der Waals surface area contributed by atoms with E-state index in [9.17, 15) is 22.8 Å². The third kappa shape index (κ3) is 2.48. The van der Waals surface area contributed by atoms with Crippen molar-refractivity contribution in [1.29, 1.82) is 0 Å². The van der Waals surface area contributed by atoms with Crippen LogP contribution < -0.4 is 4.74 Å². The molecule has 0 N–H and O–H groups in total. The van der Waals surface area contributed by atoms with E-state index in [2.05, 4.69) is 4.74 Å². The van der Waals surface area contributed by atoms with Gasteiger partial charge >= 0.3 is 12.1 Å². The van der Waals surface area contributed by atoms with Gasteiger partial charge in [0.25, 0.3) is 5.60 Å². The molecule has 0 saturated carbocycles. The normalized spacial score (nSPS) is 21.5. The fourth-order valence-corrected chi connectivity index (χ4v) is 2.23. The number of cyclic esters (lactones) is 1. The molecule has 114 valence electrons. The van der Waals surface area contributed by atoms with Crippen molar-refractivity contribution in [3.63, 3.8) is 0 Å². The lowest BCUT2D eigenvalue weighted by Crippen LogP contribution is -2.58. The molecule has 1 aliphatic rings. The van der Waals surface area contributed by atoms with Crippen LogP contribution in [-0.4, -0.2) is 30.1 Å². The Bertz CT molecular complexity index is 594. The van der Waals surface area contributed by atoms with Crippen molar-refractivity contribution in [3.05, 3.63) is 29.3 Å². The van der Waals surface area contributed by atoms with Gasteiger partial charge in [0.2, 0.25) is 0 Å². The van der Waals surface area contributed by atoms with Crippen molar-refractivity contribution in [3.8, 4) is 5.75 Å². The topological polar surface area (TPSA) is 52.6 Å². The van der Waals surface area contributed by atoms with E-state index in [0.29, 0.717) is 12.4 Å². The molecule has 1 unspecified atom stereocenters. The fraction of sp³-hybridized carbons (Fsp3) is 0.429. The maximum absolute atomic E-state index is 13.2. The van der Waals surface area contributed by atoms with E-state index < -0.39 is 30.0 Å². The second kappa shape index (κ2) is 5.05. The van der Waals surface area contributed by atoms with Gasteiger partial charge in [-0.1, -0.05) is 6.07 Å². The summed E-state index contributed by atoms with van der Waals surface area (Å²) in [5.41, 5.74) is -3.01. The largest absolute Gasteiger partial charge is 0.494 e. The van der Waals surface area contributed by atoms with Gasteiger partial charge in [0, 0.05) is 6.42 Å². The number of halogens is 3. The Balaban J connectivity index is 2.49. The quantitative estimate of drug-likeness (QED) is 0.806. The lowest BCUT2D eigenvalue weighted by molar-refractivity contribution is -0.250. The number of carbonyl (C=O) groups excluding carboxylic acids is 2. The fourth-order valence-electron chi connectivity index (χ4n) is 2.23. The third-order valence-corrected chi connectivity index (χ3v) is 3.35. The first-order chi connectivity index (χ1) is 9.71. The molecule has 0 aromatic heterocycles. The molecule has 0 saturated heterocycles. The number of carbonyl (C=O) groups is 2. The molecular formula is C14H13F3O4. The van der Waals surface area contributed by atoms with Crippen molar-refractivity contribution in [1.82, 2.24) is 0 Å². The summed E-state index contributed by atoms with van der Waals surface area (Å²) in [6, 6.07) is 4.13. The molecule has 1 atom stereocenters. The van der Waals surface area contributed by atoms with E-state index in [4.69, 9.17) is 4.74 Å². The van der Waals surface area contributed by atoms with Crippen LogP contribution in [0.2, 0.25) is 0 Å². The van der Waals surface area contributed by atoms with Gasteiger partial charge in [-0.25, -0.2) is 4.79 Å². The van der Waals surface area contributed by atoms with Crippen LogP contribution in [0.5, 0.6) is 5.75 Å². The number of esters is 1. The van der Waals surface area contributed by atoms with Crippen LogP contribution in [0.25, 0.3) is 0 Å². The second-order valence-corrected chi connectivity index (χ2v) is 4.70. The molecule has 0 fully saturated rings. The number of hydrogen-bond acceptors (Lipinski definition) is 4. The summed E-state index contributed by atoms with van der Waals surface area (Å²) in [7, 11) is 0. The molecule has 1 aromatic rings. The highest BCUT2D eigenvalue weighted by Gasteiger charge is 2.63. The molecular weight excluding hydrogens is 289 g/mol. The molecule has 0 aliphatic carbocycles.